The molecule has 2 nitrogen and oxygen atoms in total. The smallest absolute Gasteiger partial charge is 0.228 e. The van der Waals surface area contributed by atoms with Crippen LogP contribution < -0.4 is 0 Å². The number of carbonyl (C=O) groups is 1. The van der Waals surface area contributed by atoms with Crippen LogP contribution in [0.15, 0.2) is 0 Å². The van der Waals surface area contributed by atoms with Crippen molar-refractivity contribution in [2.24, 2.45) is 0 Å². The van der Waals surface area contributed by atoms with Crippen molar-refractivity contribution >= 4 is 34.2 Å². The highest BCUT2D eigenvalue weighted by Gasteiger charge is 2.31. The van der Waals surface area contributed by atoms with E-state index in [2.05, 4.69) is 6.92 Å². The van der Waals surface area contributed by atoms with Gasteiger partial charge in [0.05, 0.1) is 0 Å². The number of hydrogen-bond donors (Lipinski definition) is 0. The number of amides is 1. The first-order valence-electron chi connectivity index (χ1n) is 4.19. The van der Waals surface area contributed by atoms with Crippen LogP contribution in [0.3, 0.4) is 0 Å². The minimum atomic E-state index is 0.164. The summed E-state index contributed by atoms with van der Waals surface area (Å²) in [5.41, 5.74) is 0. The summed E-state index contributed by atoms with van der Waals surface area (Å²) in [4.78, 5) is 13.2. The first-order chi connectivity index (χ1) is 5.70. The standard InChI is InChI=1S/C8H13NOS2/c1-3-6-5-12-8(11)9(6)7(10)4-2/h6H,3-5H2,1-2H3. The van der Waals surface area contributed by atoms with Gasteiger partial charge in [-0.3, -0.25) is 9.69 Å². The normalized spacial score (nSPS) is 23.3. The molecule has 0 spiro atoms. The highest BCUT2D eigenvalue weighted by Crippen LogP contribution is 2.26. The van der Waals surface area contributed by atoms with E-state index in [-0.39, 0.29) is 5.91 Å². The third-order valence-corrected chi connectivity index (χ3v) is 3.55. The fourth-order valence-electron chi connectivity index (χ4n) is 1.24. The van der Waals surface area contributed by atoms with Crippen LogP contribution in [0, 0.1) is 0 Å². The van der Waals surface area contributed by atoms with Gasteiger partial charge in [0.25, 0.3) is 0 Å². The number of rotatable bonds is 2. The van der Waals surface area contributed by atoms with Crippen molar-refractivity contribution in [3.63, 3.8) is 0 Å². The van der Waals surface area contributed by atoms with Crippen LogP contribution in [0.25, 0.3) is 0 Å². The maximum atomic E-state index is 11.4. The maximum absolute atomic E-state index is 11.4. The Morgan fingerprint density at radius 1 is 1.75 bits per heavy atom. The lowest BCUT2D eigenvalue weighted by molar-refractivity contribution is -0.127. The van der Waals surface area contributed by atoms with E-state index in [9.17, 15) is 4.79 Å². The molecule has 0 N–H and O–H groups in total. The van der Waals surface area contributed by atoms with E-state index in [1.807, 2.05) is 6.92 Å². The largest absolute Gasteiger partial charge is 0.294 e. The Bertz CT molecular complexity index is 205. The van der Waals surface area contributed by atoms with Gasteiger partial charge < -0.3 is 0 Å². The number of carbonyl (C=O) groups excluding carboxylic acids is 1. The van der Waals surface area contributed by atoms with E-state index >= 15 is 0 Å². The Morgan fingerprint density at radius 3 is 2.92 bits per heavy atom. The average Bonchev–Trinajstić information content (AvgIpc) is 2.45. The van der Waals surface area contributed by atoms with Gasteiger partial charge in [-0.25, -0.2) is 0 Å². The molecule has 12 heavy (non-hydrogen) atoms. The lowest BCUT2D eigenvalue weighted by Crippen LogP contribution is -2.37. The summed E-state index contributed by atoms with van der Waals surface area (Å²) in [6.45, 7) is 3.97. The molecule has 4 heteroatoms. The van der Waals surface area contributed by atoms with Crippen molar-refractivity contribution in [1.82, 2.24) is 4.90 Å². The van der Waals surface area contributed by atoms with E-state index in [0.29, 0.717) is 12.5 Å². The van der Waals surface area contributed by atoms with Crippen LogP contribution in [-0.4, -0.2) is 26.9 Å². The summed E-state index contributed by atoms with van der Waals surface area (Å²) >= 11 is 6.71. The Kier molecular flexibility index (Phi) is 3.53. The van der Waals surface area contributed by atoms with Crippen molar-refractivity contribution < 1.29 is 4.79 Å². The molecular formula is C8H13NOS2. The molecule has 0 radical (unpaired) electrons. The van der Waals surface area contributed by atoms with Crippen LogP contribution >= 0.6 is 24.0 Å². The second-order valence-electron chi connectivity index (χ2n) is 2.76. The average molecular weight is 203 g/mol. The summed E-state index contributed by atoms with van der Waals surface area (Å²) in [6, 6.07) is 0.343. The van der Waals surface area contributed by atoms with Gasteiger partial charge in [-0.15, -0.1) is 0 Å². The molecule has 1 amide bonds. The topological polar surface area (TPSA) is 20.3 Å². The molecule has 0 aliphatic carbocycles. The molecule has 1 aliphatic heterocycles. The Labute approximate surface area is 82.7 Å². The fraction of sp³-hybridized carbons (Fsp3) is 0.750. The minimum Gasteiger partial charge on any atom is -0.294 e. The van der Waals surface area contributed by atoms with Gasteiger partial charge >= 0.3 is 0 Å². The molecule has 1 fully saturated rings. The number of thiocarbonyl (C=S) groups is 1. The van der Waals surface area contributed by atoms with Gasteiger partial charge in [0, 0.05) is 18.2 Å². The molecule has 0 aromatic heterocycles. The molecular weight excluding hydrogens is 190 g/mol. The molecule has 0 aromatic rings. The second-order valence-corrected chi connectivity index (χ2v) is 4.41. The Morgan fingerprint density at radius 2 is 2.42 bits per heavy atom. The highest BCUT2D eigenvalue weighted by atomic mass is 32.2. The van der Waals surface area contributed by atoms with Crippen molar-refractivity contribution in [3.8, 4) is 0 Å². The fourth-order valence-corrected chi connectivity index (χ4v) is 2.80. The molecule has 1 atom stereocenters. The number of thioether (sulfide) groups is 1. The van der Waals surface area contributed by atoms with Crippen molar-refractivity contribution in [1.29, 1.82) is 0 Å². The van der Waals surface area contributed by atoms with Gasteiger partial charge in [-0.1, -0.05) is 37.8 Å². The summed E-state index contributed by atoms with van der Waals surface area (Å²) < 4.78 is 0.758. The highest BCUT2D eigenvalue weighted by molar-refractivity contribution is 8.23. The van der Waals surface area contributed by atoms with E-state index in [4.69, 9.17) is 12.2 Å². The molecule has 0 bridgehead atoms. The molecule has 1 heterocycles. The van der Waals surface area contributed by atoms with Gasteiger partial charge in [-0.2, -0.15) is 0 Å². The first kappa shape index (κ1) is 9.99. The van der Waals surface area contributed by atoms with Crippen LogP contribution in [0.4, 0.5) is 0 Å². The van der Waals surface area contributed by atoms with Crippen molar-refractivity contribution in [2.75, 3.05) is 5.75 Å². The molecule has 1 aliphatic rings. The zero-order valence-corrected chi connectivity index (χ0v) is 9.00. The first-order valence-corrected chi connectivity index (χ1v) is 5.58. The van der Waals surface area contributed by atoms with E-state index in [1.54, 1.807) is 16.7 Å². The number of nitrogens with zero attached hydrogens (tertiary/aromatic N) is 1. The molecule has 1 saturated heterocycles. The van der Waals surface area contributed by atoms with Crippen LogP contribution in [-0.2, 0) is 4.79 Å². The third-order valence-electron chi connectivity index (χ3n) is 2.00. The predicted molar refractivity (Wildman–Crippen MR) is 56.3 cm³/mol. The lowest BCUT2D eigenvalue weighted by atomic mass is 10.2. The summed E-state index contributed by atoms with van der Waals surface area (Å²) in [7, 11) is 0. The summed E-state index contributed by atoms with van der Waals surface area (Å²) in [5.74, 6) is 1.14. The molecule has 68 valence electrons. The zero-order valence-electron chi connectivity index (χ0n) is 7.37. The number of hydrogen-bond acceptors (Lipinski definition) is 3. The Hall–Kier alpha value is -0.0900. The minimum absolute atomic E-state index is 0.164. The molecule has 1 rings (SSSR count). The molecule has 0 saturated carbocycles. The van der Waals surface area contributed by atoms with Gasteiger partial charge in [0.1, 0.15) is 4.32 Å². The van der Waals surface area contributed by atoms with Crippen LogP contribution in [0.5, 0.6) is 0 Å². The summed E-state index contributed by atoms with van der Waals surface area (Å²) in [6.07, 6.45) is 1.55. The lowest BCUT2D eigenvalue weighted by Gasteiger charge is -2.21. The van der Waals surface area contributed by atoms with Gasteiger partial charge in [0.2, 0.25) is 5.91 Å². The predicted octanol–water partition coefficient (Wildman–Crippen LogP) is 2.04. The monoisotopic (exact) mass is 203 g/mol. The second kappa shape index (κ2) is 4.23. The van der Waals surface area contributed by atoms with Gasteiger partial charge in [-0.05, 0) is 6.42 Å². The summed E-state index contributed by atoms with van der Waals surface area (Å²) in [5, 5.41) is 0. The third kappa shape index (κ3) is 1.80. The van der Waals surface area contributed by atoms with Crippen LogP contribution in [0.2, 0.25) is 0 Å². The van der Waals surface area contributed by atoms with E-state index in [1.165, 1.54) is 0 Å². The van der Waals surface area contributed by atoms with Crippen LogP contribution in [0.1, 0.15) is 26.7 Å². The molecule has 0 aromatic carbocycles. The van der Waals surface area contributed by atoms with Crippen molar-refractivity contribution in [2.45, 2.75) is 32.7 Å². The molecule has 1 unspecified atom stereocenters. The Balaban J connectivity index is 2.70. The van der Waals surface area contributed by atoms with Gasteiger partial charge in [0.15, 0.2) is 0 Å². The SMILES string of the molecule is CCC(=O)N1C(=S)SCC1CC. The maximum Gasteiger partial charge on any atom is 0.228 e. The quantitative estimate of drug-likeness (QED) is 0.641. The zero-order chi connectivity index (χ0) is 9.14. The van der Waals surface area contributed by atoms with E-state index in [0.717, 1.165) is 16.5 Å². The van der Waals surface area contributed by atoms with Crippen molar-refractivity contribution in [3.05, 3.63) is 0 Å². The van der Waals surface area contributed by atoms with E-state index < -0.39 is 0 Å².